The predicted molar refractivity (Wildman–Crippen MR) is 35.1 cm³/mol. The molecule has 0 aromatic rings. The zero-order valence-corrected chi connectivity index (χ0v) is 6.00. The summed E-state index contributed by atoms with van der Waals surface area (Å²) in [6.07, 6.45) is 1.04. The molecule has 1 rings (SSSR count). The van der Waals surface area contributed by atoms with E-state index in [-0.39, 0.29) is 0 Å². The molecular formula is C3H5N3O4S. The number of nitrogens with zero attached hydrogens (tertiary/aromatic N) is 1. The number of hydrazone groups is 1. The van der Waals surface area contributed by atoms with Crippen molar-refractivity contribution in [2.45, 2.75) is 6.04 Å². The quantitative estimate of drug-likeness (QED) is 0.420. The summed E-state index contributed by atoms with van der Waals surface area (Å²) in [6, 6.07) is -1.11. The molecule has 7 nitrogen and oxygen atoms in total. The van der Waals surface area contributed by atoms with E-state index in [4.69, 9.17) is 4.55 Å². The first-order chi connectivity index (χ1) is 4.99. The Morgan fingerprint density at radius 2 is 2.36 bits per heavy atom. The van der Waals surface area contributed by atoms with Crippen molar-refractivity contribution in [1.82, 2.24) is 10.1 Å². The highest BCUT2D eigenvalue weighted by atomic mass is 32.2. The number of hydrogen-bond acceptors (Lipinski definition) is 4. The molecule has 1 aliphatic heterocycles. The van der Waals surface area contributed by atoms with Crippen LogP contribution in [0.1, 0.15) is 0 Å². The van der Waals surface area contributed by atoms with Gasteiger partial charge in [-0.05, 0) is 0 Å². The lowest BCUT2D eigenvalue weighted by Crippen LogP contribution is -2.41. The van der Waals surface area contributed by atoms with Gasteiger partial charge < -0.3 is 0 Å². The molecule has 11 heavy (non-hydrogen) atoms. The number of carbonyl (C=O) groups is 1. The van der Waals surface area contributed by atoms with E-state index in [1.807, 2.05) is 5.43 Å². The molecule has 1 unspecified atom stereocenters. The van der Waals surface area contributed by atoms with Crippen molar-refractivity contribution in [3.8, 4) is 0 Å². The minimum atomic E-state index is -4.34. The number of carbonyl (C=O) groups excluding carboxylic acids is 1. The minimum absolute atomic E-state index is 0.623. The first-order valence-electron chi connectivity index (χ1n) is 2.57. The second-order valence-electron chi connectivity index (χ2n) is 1.82. The zero-order valence-electron chi connectivity index (χ0n) is 5.18. The number of amides is 1. The highest BCUT2D eigenvalue weighted by Gasteiger charge is 2.24. The molecule has 1 atom stereocenters. The van der Waals surface area contributed by atoms with E-state index in [0.717, 1.165) is 6.21 Å². The molecular weight excluding hydrogens is 174 g/mol. The summed E-state index contributed by atoms with van der Waals surface area (Å²) in [5, 5.41) is 3.27. The predicted octanol–water partition coefficient (Wildman–Crippen LogP) is -2.14. The Morgan fingerprint density at radius 3 is 2.73 bits per heavy atom. The van der Waals surface area contributed by atoms with Crippen LogP contribution in [0.4, 0.5) is 0 Å². The van der Waals surface area contributed by atoms with Gasteiger partial charge in [0.2, 0.25) is 0 Å². The third-order valence-electron chi connectivity index (χ3n) is 0.957. The topological polar surface area (TPSA) is 108 Å². The summed E-state index contributed by atoms with van der Waals surface area (Å²) in [6.45, 7) is 0. The van der Waals surface area contributed by atoms with Gasteiger partial charge in [-0.3, -0.25) is 9.35 Å². The van der Waals surface area contributed by atoms with Gasteiger partial charge in [0.25, 0.3) is 5.91 Å². The molecule has 0 bridgehead atoms. The van der Waals surface area contributed by atoms with Crippen molar-refractivity contribution in [2.75, 3.05) is 0 Å². The van der Waals surface area contributed by atoms with Crippen molar-refractivity contribution < 1.29 is 17.8 Å². The maximum Gasteiger partial charge on any atom is 0.334 e. The summed E-state index contributed by atoms with van der Waals surface area (Å²) < 4.78 is 30.1. The molecule has 8 heteroatoms. The Morgan fingerprint density at radius 1 is 1.73 bits per heavy atom. The van der Waals surface area contributed by atoms with Crippen LogP contribution in [0.25, 0.3) is 0 Å². The molecule has 1 amide bonds. The molecule has 3 N–H and O–H groups in total. The molecule has 0 aliphatic carbocycles. The lowest BCUT2D eigenvalue weighted by atomic mass is 10.3. The van der Waals surface area contributed by atoms with Gasteiger partial charge in [-0.25, -0.2) is 5.43 Å². The Kier molecular flexibility index (Phi) is 1.89. The van der Waals surface area contributed by atoms with Gasteiger partial charge in [0, 0.05) is 0 Å². The van der Waals surface area contributed by atoms with Gasteiger partial charge in [-0.1, -0.05) is 0 Å². The average Bonchev–Trinajstić information content (AvgIpc) is 2.12. The summed E-state index contributed by atoms with van der Waals surface area (Å²) >= 11 is 0. The SMILES string of the molecule is O=C1NN=CC1NS(=O)(=O)O. The van der Waals surface area contributed by atoms with Crippen molar-refractivity contribution in [3.63, 3.8) is 0 Å². The Hall–Kier alpha value is -0.990. The van der Waals surface area contributed by atoms with Crippen LogP contribution in [-0.4, -0.2) is 31.1 Å². The van der Waals surface area contributed by atoms with Crippen molar-refractivity contribution in [3.05, 3.63) is 0 Å². The fourth-order valence-corrected chi connectivity index (χ4v) is 1.05. The molecule has 0 spiro atoms. The smallest absolute Gasteiger partial charge is 0.273 e. The number of hydrogen-bond donors (Lipinski definition) is 3. The van der Waals surface area contributed by atoms with E-state index in [2.05, 4.69) is 5.10 Å². The third-order valence-corrected chi connectivity index (χ3v) is 1.51. The van der Waals surface area contributed by atoms with E-state index in [1.54, 1.807) is 4.72 Å². The maximum atomic E-state index is 10.6. The zero-order chi connectivity index (χ0) is 8.48. The van der Waals surface area contributed by atoms with Crippen LogP contribution in [0.2, 0.25) is 0 Å². The van der Waals surface area contributed by atoms with Crippen LogP contribution in [-0.2, 0) is 15.1 Å². The molecule has 0 saturated carbocycles. The van der Waals surface area contributed by atoms with Crippen LogP contribution < -0.4 is 10.1 Å². The van der Waals surface area contributed by atoms with E-state index in [1.165, 1.54) is 0 Å². The second kappa shape index (κ2) is 2.57. The minimum Gasteiger partial charge on any atom is -0.273 e. The highest BCUT2D eigenvalue weighted by Crippen LogP contribution is 1.89. The summed E-state index contributed by atoms with van der Waals surface area (Å²) in [7, 11) is -4.34. The van der Waals surface area contributed by atoms with Gasteiger partial charge in [0.1, 0.15) is 6.04 Å². The third kappa shape index (κ3) is 2.26. The van der Waals surface area contributed by atoms with E-state index < -0.39 is 22.3 Å². The average molecular weight is 179 g/mol. The highest BCUT2D eigenvalue weighted by molar-refractivity contribution is 7.83. The van der Waals surface area contributed by atoms with Crippen molar-refractivity contribution in [1.29, 1.82) is 0 Å². The Labute approximate surface area is 62.4 Å². The van der Waals surface area contributed by atoms with Gasteiger partial charge in [-0.2, -0.15) is 18.2 Å². The van der Waals surface area contributed by atoms with Gasteiger partial charge in [-0.15, -0.1) is 0 Å². The summed E-state index contributed by atoms with van der Waals surface area (Å²) in [5.74, 6) is -0.623. The van der Waals surface area contributed by atoms with Crippen molar-refractivity contribution in [2.24, 2.45) is 5.10 Å². The fraction of sp³-hybridized carbons (Fsp3) is 0.333. The number of rotatable bonds is 2. The molecule has 1 heterocycles. The van der Waals surface area contributed by atoms with Crippen molar-refractivity contribution >= 4 is 22.4 Å². The van der Waals surface area contributed by atoms with Crippen LogP contribution >= 0.6 is 0 Å². The van der Waals surface area contributed by atoms with E-state index in [9.17, 15) is 13.2 Å². The largest absolute Gasteiger partial charge is 0.334 e. The van der Waals surface area contributed by atoms with E-state index in [0.29, 0.717) is 0 Å². The first kappa shape index (κ1) is 8.11. The molecule has 1 aliphatic rings. The number of nitrogens with one attached hydrogen (secondary N) is 2. The van der Waals surface area contributed by atoms with Crippen LogP contribution in [0.3, 0.4) is 0 Å². The maximum absolute atomic E-state index is 10.6. The Balaban J connectivity index is 2.64. The molecule has 0 radical (unpaired) electrons. The molecule has 0 aromatic carbocycles. The standard InChI is InChI=1S/C3H5N3O4S/c7-3-2(1-4-5-3)6-11(8,9)10/h1-2,6H,(H,5,7)(H,8,9,10). The summed E-state index contributed by atoms with van der Waals surface area (Å²) in [4.78, 5) is 10.6. The van der Waals surface area contributed by atoms with Crippen LogP contribution in [0, 0.1) is 0 Å². The monoisotopic (exact) mass is 179 g/mol. The normalized spacial score (nSPS) is 23.7. The van der Waals surface area contributed by atoms with Crippen LogP contribution in [0.5, 0.6) is 0 Å². The molecule has 0 saturated heterocycles. The lowest BCUT2D eigenvalue weighted by Gasteiger charge is -2.02. The Bertz CT molecular complexity index is 294. The van der Waals surface area contributed by atoms with Gasteiger partial charge in [0.05, 0.1) is 6.21 Å². The first-order valence-corrected chi connectivity index (χ1v) is 4.01. The molecule has 0 aromatic heterocycles. The van der Waals surface area contributed by atoms with Gasteiger partial charge >= 0.3 is 10.3 Å². The molecule has 0 fully saturated rings. The summed E-state index contributed by atoms with van der Waals surface area (Å²) in [5.41, 5.74) is 1.98. The van der Waals surface area contributed by atoms with E-state index >= 15 is 0 Å². The second-order valence-corrected chi connectivity index (χ2v) is 3.01. The lowest BCUT2D eigenvalue weighted by molar-refractivity contribution is -0.120. The fourth-order valence-electron chi connectivity index (χ4n) is 0.557. The molecule has 62 valence electrons. The van der Waals surface area contributed by atoms with Gasteiger partial charge in [0.15, 0.2) is 0 Å². The van der Waals surface area contributed by atoms with Crippen LogP contribution in [0.15, 0.2) is 5.10 Å².